The van der Waals surface area contributed by atoms with Crippen LogP contribution in [-0.2, 0) is 16.0 Å². The molecule has 11 heteroatoms. The molecule has 0 fully saturated rings. The summed E-state index contributed by atoms with van der Waals surface area (Å²) in [6, 6.07) is 3.78. The molecule has 0 aliphatic heterocycles. The highest BCUT2D eigenvalue weighted by Gasteiger charge is 2.28. The number of pyridine rings is 1. The zero-order chi connectivity index (χ0) is 19.2. The third kappa shape index (κ3) is 4.33. The average molecular weight is 383 g/mol. The molecule has 0 saturated carbocycles. The van der Waals surface area contributed by atoms with E-state index in [1.165, 1.54) is 12.5 Å². The van der Waals surface area contributed by atoms with Crippen molar-refractivity contribution >= 4 is 29.3 Å². The van der Waals surface area contributed by atoms with Crippen molar-refractivity contribution in [2.24, 2.45) is 5.73 Å². The van der Waals surface area contributed by atoms with Gasteiger partial charge in [0.1, 0.15) is 18.1 Å². The van der Waals surface area contributed by atoms with Gasteiger partial charge in [0, 0.05) is 25.0 Å². The second-order valence-electron chi connectivity index (χ2n) is 5.37. The van der Waals surface area contributed by atoms with Gasteiger partial charge in [0.2, 0.25) is 5.78 Å². The molecule has 3 N–H and O–H groups in total. The Morgan fingerprint density at radius 3 is 2.48 bits per heavy atom. The molecule has 27 heavy (non-hydrogen) atoms. The third-order valence-corrected chi connectivity index (χ3v) is 4.11. The summed E-state index contributed by atoms with van der Waals surface area (Å²) in [6.07, 6.45) is 5.99. The standard InChI is InChI=1S/C16H13N7O3S/c17-15(25)14(24)11(7-9-1-4-18-5-2-9)21-16(26)13-12(22-27-23-13)10-3-6-19-8-20-10/h1-6,8,11H,7H2,(H2,17,25)(H,21,26). The number of hydrogen-bond acceptors (Lipinski definition) is 9. The molecule has 0 aliphatic carbocycles. The van der Waals surface area contributed by atoms with Gasteiger partial charge in [-0.3, -0.25) is 19.4 Å². The quantitative estimate of drug-likeness (QED) is 0.531. The molecule has 0 radical (unpaired) electrons. The molecule has 0 spiro atoms. The first-order valence-electron chi connectivity index (χ1n) is 7.68. The second kappa shape index (κ2) is 8.19. The predicted molar refractivity (Wildman–Crippen MR) is 94.3 cm³/mol. The maximum Gasteiger partial charge on any atom is 0.287 e. The van der Waals surface area contributed by atoms with Gasteiger partial charge >= 0.3 is 0 Å². The van der Waals surface area contributed by atoms with Crippen LogP contribution in [0, 0.1) is 0 Å². The van der Waals surface area contributed by atoms with E-state index in [1.54, 1.807) is 30.6 Å². The van der Waals surface area contributed by atoms with Crippen molar-refractivity contribution in [1.82, 2.24) is 29.0 Å². The van der Waals surface area contributed by atoms with Gasteiger partial charge in [-0.25, -0.2) is 9.97 Å². The number of ketones is 1. The minimum Gasteiger partial charge on any atom is -0.363 e. The van der Waals surface area contributed by atoms with Gasteiger partial charge in [-0.1, -0.05) is 0 Å². The molecule has 1 unspecified atom stereocenters. The Morgan fingerprint density at radius 2 is 1.81 bits per heavy atom. The van der Waals surface area contributed by atoms with Gasteiger partial charge < -0.3 is 11.1 Å². The van der Waals surface area contributed by atoms with Crippen molar-refractivity contribution in [3.63, 3.8) is 0 Å². The molecule has 0 aliphatic rings. The monoisotopic (exact) mass is 383 g/mol. The highest BCUT2D eigenvalue weighted by atomic mass is 32.1. The molecule has 136 valence electrons. The number of carbonyl (C=O) groups is 3. The fraction of sp³-hybridized carbons (Fsp3) is 0.125. The van der Waals surface area contributed by atoms with Crippen molar-refractivity contribution in [3.05, 3.63) is 54.4 Å². The lowest BCUT2D eigenvalue weighted by atomic mass is 10.0. The molecule has 3 aromatic rings. The zero-order valence-electron chi connectivity index (χ0n) is 13.8. The van der Waals surface area contributed by atoms with Crippen molar-refractivity contribution in [2.45, 2.75) is 12.5 Å². The zero-order valence-corrected chi connectivity index (χ0v) is 14.6. The molecule has 0 saturated heterocycles. The van der Waals surface area contributed by atoms with Crippen LogP contribution in [0.1, 0.15) is 16.1 Å². The number of amides is 2. The average Bonchev–Trinajstić information content (AvgIpc) is 3.18. The normalized spacial score (nSPS) is 11.6. The highest BCUT2D eigenvalue weighted by molar-refractivity contribution is 6.99. The minimum absolute atomic E-state index is 0.00398. The molecular formula is C16H13N7O3S. The van der Waals surface area contributed by atoms with Crippen molar-refractivity contribution in [3.8, 4) is 11.4 Å². The molecule has 3 heterocycles. The van der Waals surface area contributed by atoms with Crippen LogP contribution in [0.15, 0.2) is 43.1 Å². The predicted octanol–water partition coefficient (Wildman–Crippen LogP) is -0.214. The topological polar surface area (TPSA) is 154 Å². The molecule has 3 rings (SSSR count). The van der Waals surface area contributed by atoms with E-state index in [4.69, 9.17) is 5.73 Å². The number of primary amides is 1. The van der Waals surface area contributed by atoms with Gasteiger partial charge in [0.15, 0.2) is 5.69 Å². The van der Waals surface area contributed by atoms with E-state index < -0.39 is 23.6 Å². The number of nitrogens with one attached hydrogen (secondary N) is 1. The summed E-state index contributed by atoms with van der Waals surface area (Å²) in [5.41, 5.74) is 6.48. The first-order valence-corrected chi connectivity index (χ1v) is 8.41. The summed E-state index contributed by atoms with van der Waals surface area (Å²) >= 11 is 0.829. The van der Waals surface area contributed by atoms with Gasteiger partial charge in [0.25, 0.3) is 11.8 Å². The number of nitrogens with two attached hydrogens (primary N) is 1. The molecular weight excluding hydrogens is 370 g/mol. The van der Waals surface area contributed by atoms with Crippen LogP contribution in [0.2, 0.25) is 0 Å². The molecule has 0 bridgehead atoms. The van der Waals surface area contributed by atoms with Crippen LogP contribution in [0.5, 0.6) is 0 Å². The lowest BCUT2D eigenvalue weighted by Gasteiger charge is -2.15. The summed E-state index contributed by atoms with van der Waals surface area (Å²) in [7, 11) is 0. The number of Topliss-reactive ketones (excluding diaryl/α,β-unsaturated/α-hetero) is 1. The van der Waals surface area contributed by atoms with Crippen LogP contribution in [-0.4, -0.2) is 47.3 Å². The largest absolute Gasteiger partial charge is 0.363 e. The summed E-state index contributed by atoms with van der Waals surface area (Å²) in [4.78, 5) is 47.9. The van der Waals surface area contributed by atoms with E-state index in [0.29, 0.717) is 11.3 Å². The van der Waals surface area contributed by atoms with Crippen LogP contribution in [0.25, 0.3) is 11.4 Å². The maximum atomic E-state index is 12.7. The van der Waals surface area contributed by atoms with E-state index in [1.807, 2.05) is 0 Å². The number of aromatic nitrogens is 5. The molecule has 1 atom stereocenters. The van der Waals surface area contributed by atoms with Gasteiger partial charge in [-0.2, -0.15) is 8.75 Å². The molecule has 10 nitrogen and oxygen atoms in total. The van der Waals surface area contributed by atoms with Crippen molar-refractivity contribution < 1.29 is 14.4 Å². The molecule has 0 aromatic carbocycles. The van der Waals surface area contributed by atoms with E-state index in [2.05, 4.69) is 29.0 Å². The Balaban J connectivity index is 1.84. The van der Waals surface area contributed by atoms with Crippen LogP contribution in [0.3, 0.4) is 0 Å². The summed E-state index contributed by atoms with van der Waals surface area (Å²) in [6.45, 7) is 0. The fourth-order valence-electron chi connectivity index (χ4n) is 2.30. The minimum atomic E-state index is -1.14. The van der Waals surface area contributed by atoms with Crippen molar-refractivity contribution in [1.29, 1.82) is 0 Å². The summed E-state index contributed by atoms with van der Waals surface area (Å²) < 4.78 is 8.05. The highest BCUT2D eigenvalue weighted by Crippen LogP contribution is 2.19. The Bertz CT molecular complexity index is 962. The first kappa shape index (κ1) is 18.2. The number of rotatable bonds is 7. The fourth-order valence-corrected chi connectivity index (χ4v) is 2.85. The van der Waals surface area contributed by atoms with E-state index in [0.717, 1.165) is 11.7 Å². The second-order valence-corrected chi connectivity index (χ2v) is 5.90. The summed E-state index contributed by atoms with van der Waals surface area (Å²) in [5, 5.41) is 2.51. The Kier molecular flexibility index (Phi) is 5.52. The van der Waals surface area contributed by atoms with Crippen LogP contribution in [0.4, 0.5) is 0 Å². The Labute approximate surface area is 157 Å². The Morgan fingerprint density at radius 1 is 1.07 bits per heavy atom. The third-order valence-electron chi connectivity index (χ3n) is 3.58. The number of hydrogen-bond donors (Lipinski definition) is 2. The van der Waals surface area contributed by atoms with Gasteiger partial charge in [-0.15, -0.1) is 0 Å². The molecule has 2 amide bonds. The Hall–Kier alpha value is -3.60. The maximum absolute atomic E-state index is 12.7. The van der Waals surface area contributed by atoms with E-state index >= 15 is 0 Å². The van der Waals surface area contributed by atoms with Gasteiger partial charge in [-0.05, 0) is 23.8 Å². The van der Waals surface area contributed by atoms with Crippen molar-refractivity contribution in [2.75, 3.05) is 0 Å². The first-order chi connectivity index (χ1) is 13.1. The molecule has 3 aromatic heterocycles. The number of nitrogens with zero attached hydrogens (tertiary/aromatic N) is 5. The lowest BCUT2D eigenvalue weighted by Crippen LogP contribution is -2.47. The van der Waals surface area contributed by atoms with Gasteiger partial charge in [0.05, 0.1) is 17.4 Å². The van der Waals surface area contributed by atoms with E-state index in [-0.39, 0.29) is 17.8 Å². The van der Waals surface area contributed by atoms with E-state index in [9.17, 15) is 14.4 Å². The SMILES string of the molecule is NC(=O)C(=O)C(Cc1ccncc1)NC(=O)c1nsnc1-c1ccncn1. The van der Waals surface area contributed by atoms with Crippen LogP contribution < -0.4 is 11.1 Å². The lowest BCUT2D eigenvalue weighted by molar-refractivity contribution is -0.137. The summed E-state index contributed by atoms with van der Waals surface area (Å²) in [5.74, 6) is -2.71. The number of carbonyl (C=O) groups excluding carboxylic acids is 3. The smallest absolute Gasteiger partial charge is 0.287 e. The van der Waals surface area contributed by atoms with Crippen LogP contribution >= 0.6 is 11.7 Å².